The van der Waals surface area contributed by atoms with Crippen LogP contribution in [0, 0.1) is 0 Å². The lowest BCUT2D eigenvalue weighted by atomic mass is 10.2. The van der Waals surface area contributed by atoms with Crippen LogP contribution in [0.3, 0.4) is 0 Å². The fourth-order valence-electron chi connectivity index (χ4n) is 3.17. The Morgan fingerprint density at radius 1 is 1.06 bits per heavy atom. The number of rotatable bonds is 9. The lowest BCUT2D eigenvalue weighted by molar-refractivity contribution is -0.116. The van der Waals surface area contributed by atoms with Gasteiger partial charge in [0.1, 0.15) is 6.61 Å². The summed E-state index contributed by atoms with van der Waals surface area (Å²) in [5, 5.41) is 16.2. The van der Waals surface area contributed by atoms with Gasteiger partial charge in [0.05, 0.1) is 20.8 Å². The molecular weight excluding hydrogens is 458 g/mol. The minimum Gasteiger partial charge on any atom is -0.493 e. The smallest absolute Gasteiger partial charge is 0.244 e. The zero-order chi connectivity index (χ0) is 23.9. The third kappa shape index (κ3) is 5.26. The molecule has 0 spiro atoms. The van der Waals surface area contributed by atoms with E-state index in [1.54, 1.807) is 55.1 Å². The van der Waals surface area contributed by atoms with E-state index in [9.17, 15) is 4.79 Å². The number of benzene rings is 2. The Labute approximate surface area is 200 Å². The summed E-state index contributed by atoms with van der Waals surface area (Å²) in [5.74, 6) is 1.83. The van der Waals surface area contributed by atoms with E-state index in [4.69, 9.17) is 25.8 Å². The van der Waals surface area contributed by atoms with Gasteiger partial charge in [0.2, 0.25) is 11.8 Å². The van der Waals surface area contributed by atoms with E-state index in [-0.39, 0.29) is 12.5 Å². The van der Waals surface area contributed by atoms with E-state index in [2.05, 4.69) is 20.6 Å². The quantitative estimate of drug-likeness (QED) is 0.289. The molecule has 2 aromatic heterocycles. The molecule has 1 N–H and O–H groups in total. The summed E-state index contributed by atoms with van der Waals surface area (Å²) >= 11 is 6.08. The Bertz CT molecular complexity index is 1340. The molecule has 1 amide bonds. The lowest BCUT2D eigenvalue weighted by Crippen LogP contribution is -2.26. The number of ether oxygens (including phenoxy) is 3. The molecule has 0 saturated carbocycles. The van der Waals surface area contributed by atoms with E-state index in [0.29, 0.717) is 40.4 Å². The molecule has 0 aliphatic rings. The van der Waals surface area contributed by atoms with Gasteiger partial charge in [-0.3, -0.25) is 4.79 Å². The van der Waals surface area contributed by atoms with Crippen molar-refractivity contribution in [2.24, 2.45) is 0 Å². The number of carbonyl (C=O) groups excluding carboxylic acids is 1. The third-order valence-corrected chi connectivity index (χ3v) is 5.20. The summed E-state index contributed by atoms with van der Waals surface area (Å²) in [7, 11) is 3.14. The number of carbonyl (C=O) groups is 1. The predicted octanol–water partition coefficient (Wildman–Crippen LogP) is 3.67. The lowest BCUT2D eigenvalue weighted by Gasteiger charge is -2.09. The van der Waals surface area contributed by atoms with Gasteiger partial charge in [0.15, 0.2) is 23.0 Å². The van der Waals surface area contributed by atoms with Crippen LogP contribution in [0.1, 0.15) is 5.56 Å². The highest BCUT2D eigenvalue weighted by molar-refractivity contribution is 6.32. The number of halogens is 1. The SMILES string of the molecule is COc1ccc(-c2nnc3ccc(OCCNC(=O)/C=C/c4ccccc4Cl)nn23)cc1OC. The van der Waals surface area contributed by atoms with Gasteiger partial charge in [-0.1, -0.05) is 29.8 Å². The standard InChI is InChI=1S/C24H22ClN5O4/c1-32-19-9-7-17(15-20(19)33-2)24-28-27-21-10-12-23(29-30(21)24)34-14-13-26-22(31)11-8-16-5-3-4-6-18(16)25/h3-12,15H,13-14H2,1-2H3,(H,26,31)/b11-8+. The number of methoxy groups -OCH3 is 2. The van der Waals surface area contributed by atoms with E-state index in [0.717, 1.165) is 11.1 Å². The van der Waals surface area contributed by atoms with Crippen molar-refractivity contribution in [1.29, 1.82) is 0 Å². The highest BCUT2D eigenvalue weighted by Gasteiger charge is 2.13. The van der Waals surface area contributed by atoms with Crippen LogP contribution in [0.5, 0.6) is 17.4 Å². The van der Waals surface area contributed by atoms with Crippen LogP contribution in [-0.4, -0.2) is 53.1 Å². The van der Waals surface area contributed by atoms with Gasteiger partial charge in [-0.25, -0.2) is 0 Å². The van der Waals surface area contributed by atoms with Gasteiger partial charge in [-0.15, -0.1) is 15.3 Å². The normalized spacial score (nSPS) is 11.0. The second kappa shape index (κ2) is 10.7. The molecule has 0 aliphatic carbocycles. The van der Waals surface area contributed by atoms with E-state index in [1.165, 1.54) is 6.08 Å². The highest BCUT2D eigenvalue weighted by Crippen LogP contribution is 2.31. The molecule has 0 bridgehead atoms. The molecular formula is C24H22ClN5O4. The van der Waals surface area contributed by atoms with E-state index < -0.39 is 0 Å². The molecule has 174 valence electrons. The molecule has 9 nitrogen and oxygen atoms in total. The first kappa shape index (κ1) is 23.1. The van der Waals surface area contributed by atoms with Crippen molar-refractivity contribution in [1.82, 2.24) is 25.1 Å². The number of hydrogen-bond donors (Lipinski definition) is 1. The summed E-state index contributed by atoms with van der Waals surface area (Å²) in [5.41, 5.74) is 2.09. The Kier molecular flexibility index (Phi) is 7.24. The second-order valence-corrected chi connectivity index (χ2v) is 7.44. The Morgan fingerprint density at radius 3 is 2.68 bits per heavy atom. The van der Waals surface area contributed by atoms with Gasteiger partial charge < -0.3 is 19.5 Å². The molecule has 10 heteroatoms. The number of amides is 1. The van der Waals surface area contributed by atoms with Crippen molar-refractivity contribution in [3.05, 3.63) is 71.3 Å². The largest absolute Gasteiger partial charge is 0.493 e. The van der Waals surface area contributed by atoms with Crippen molar-refractivity contribution in [2.45, 2.75) is 0 Å². The monoisotopic (exact) mass is 479 g/mol. The van der Waals surface area contributed by atoms with Gasteiger partial charge in [0, 0.05) is 22.7 Å². The Balaban J connectivity index is 1.38. The minimum atomic E-state index is -0.249. The van der Waals surface area contributed by atoms with E-state index in [1.807, 2.05) is 24.3 Å². The molecule has 0 aliphatic heterocycles. The van der Waals surface area contributed by atoms with Gasteiger partial charge in [0.25, 0.3) is 0 Å². The molecule has 0 saturated heterocycles. The minimum absolute atomic E-state index is 0.234. The van der Waals surface area contributed by atoms with Crippen LogP contribution >= 0.6 is 11.6 Å². The summed E-state index contributed by atoms with van der Waals surface area (Å²) in [6.45, 7) is 0.536. The van der Waals surface area contributed by atoms with Gasteiger partial charge in [-0.2, -0.15) is 4.52 Å². The van der Waals surface area contributed by atoms with Crippen molar-refractivity contribution in [3.8, 4) is 28.8 Å². The predicted molar refractivity (Wildman–Crippen MR) is 128 cm³/mol. The summed E-state index contributed by atoms with van der Waals surface area (Å²) in [6.07, 6.45) is 3.09. The molecule has 0 unspecified atom stereocenters. The highest BCUT2D eigenvalue weighted by atomic mass is 35.5. The molecule has 2 heterocycles. The van der Waals surface area contributed by atoms with Gasteiger partial charge >= 0.3 is 0 Å². The molecule has 0 atom stereocenters. The second-order valence-electron chi connectivity index (χ2n) is 7.03. The number of aromatic nitrogens is 4. The molecule has 4 rings (SSSR count). The first-order valence-corrected chi connectivity index (χ1v) is 10.7. The fourth-order valence-corrected chi connectivity index (χ4v) is 3.37. The van der Waals surface area contributed by atoms with Crippen LogP contribution in [-0.2, 0) is 4.79 Å². The van der Waals surface area contributed by atoms with Crippen LogP contribution in [0.15, 0.2) is 60.7 Å². The first-order chi connectivity index (χ1) is 16.6. The average Bonchev–Trinajstić information content (AvgIpc) is 3.29. The number of nitrogens with one attached hydrogen (secondary N) is 1. The van der Waals surface area contributed by atoms with Crippen LogP contribution in [0.2, 0.25) is 5.02 Å². The molecule has 0 fully saturated rings. The molecule has 34 heavy (non-hydrogen) atoms. The summed E-state index contributed by atoms with van der Waals surface area (Å²) in [4.78, 5) is 12.0. The van der Waals surface area contributed by atoms with Crippen LogP contribution in [0.25, 0.3) is 23.1 Å². The zero-order valence-electron chi connectivity index (χ0n) is 18.6. The third-order valence-electron chi connectivity index (χ3n) is 4.85. The van der Waals surface area contributed by atoms with Crippen molar-refractivity contribution in [2.75, 3.05) is 27.4 Å². The maximum absolute atomic E-state index is 12.0. The Morgan fingerprint density at radius 2 is 1.88 bits per heavy atom. The molecule has 0 radical (unpaired) electrons. The maximum atomic E-state index is 12.0. The molecule has 4 aromatic rings. The van der Waals surface area contributed by atoms with E-state index >= 15 is 0 Å². The van der Waals surface area contributed by atoms with Crippen LogP contribution in [0.4, 0.5) is 0 Å². The maximum Gasteiger partial charge on any atom is 0.244 e. The topological polar surface area (TPSA) is 99.9 Å². The van der Waals surface area contributed by atoms with Crippen molar-refractivity contribution in [3.63, 3.8) is 0 Å². The Hall–Kier alpha value is -4.11. The zero-order valence-corrected chi connectivity index (χ0v) is 19.3. The van der Waals surface area contributed by atoms with Crippen LogP contribution < -0.4 is 19.5 Å². The first-order valence-electron chi connectivity index (χ1n) is 10.4. The van der Waals surface area contributed by atoms with Gasteiger partial charge in [-0.05, 0) is 42.0 Å². The number of nitrogens with zero attached hydrogens (tertiary/aromatic N) is 4. The summed E-state index contributed by atoms with van der Waals surface area (Å²) < 4.78 is 17.9. The van der Waals surface area contributed by atoms with Crippen molar-refractivity contribution < 1.29 is 19.0 Å². The molecule has 2 aromatic carbocycles. The van der Waals surface area contributed by atoms with Crippen molar-refractivity contribution >= 4 is 29.2 Å². The average molecular weight is 480 g/mol. The number of fused-ring (bicyclic) bond motifs is 1. The number of hydrogen-bond acceptors (Lipinski definition) is 7. The fraction of sp³-hybridized carbons (Fsp3) is 0.167. The summed E-state index contributed by atoms with van der Waals surface area (Å²) in [6, 6.07) is 16.2.